The predicted octanol–water partition coefficient (Wildman–Crippen LogP) is 3.10. The monoisotopic (exact) mass is 214 g/mol. The van der Waals surface area contributed by atoms with Crippen molar-refractivity contribution in [3.05, 3.63) is 23.4 Å². The van der Waals surface area contributed by atoms with Crippen molar-refractivity contribution in [3.63, 3.8) is 0 Å². The summed E-state index contributed by atoms with van der Waals surface area (Å²) in [6.45, 7) is 1.80. The molecule has 0 fully saturated rings. The maximum atomic E-state index is 5.79. The van der Waals surface area contributed by atoms with E-state index in [0.29, 0.717) is 11.7 Å². The third kappa shape index (κ3) is 1.73. The van der Waals surface area contributed by atoms with Crippen LogP contribution in [0, 0.1) is 0 Å². The van der Waals surface area contributed by atoms with E-state index in [-0.39, 0.29) is 5.38 Å². The van der Waals surface area contributed by atoms with E-state index in [1.165, 1.54) is 0 Å². The zero-order chi connectivity index (χ0) is 9.26. The van der Waals surface area contributed by atoms with Crippen molar-refractivity contribution in [2.45, 2.75) is 12.3 Å². The standard InChI is InChI=1S/C8H7ClN2OS/c1-5(9)8-10-7(11-12-8)6-3-2-4-13-6/h2-5H,1H3/t5-/m1/s1. The first-order chi connectivity index (χ1) is 6.27. The van der Waals surface area contributed by atoms with Gasteiger partial charge in [0.05, 0.1) is 4.88 Å². The van der Waals surface area contributed by atoms with Crippen LogP contribution in [-0.4, -0.2) is 10.1 Å². The van der Waals surface area contributed by atoms with E-state index in [9.17, 15) is 0 Å². The second kappa shape index (κ2) is 3.47. The molecule has 0 spiro atoms. The van der Waals surface area contributed by atoms with Crippen LogP contribution in [-0.2, 0) is 0 Å². The van der Waals surface area contributed by atoms with Crippen molar-refractivity contribution in [2.24, 2.45) is 0 Å². The van der Waals surface area contributed by atoms with E-state index in [0.717, 1.165) is 4.88 Å². The summed E-state index contributed by atoms with van der Waals surface area (Å²) in [6, 6.07) is 3.89. The molecule has 0 radical (unpaired) electrons. The number of nitrogens with zero attached hydrogens (tertiary/aromatic N) is 2. The Morgan fingerprint density at radius 1 is 1.62 bits per heavy atom. The second-order valence-corrected chi connectivity index (χ2v) is 4.15. The first kappa shape index (κ1) is 8.72. The van der Waals surface area contributed by atoms with Gasteiger partial charge in [0.1, 0.15) is 5.38 Å². The van der Waals surface area contributed by atoms with E-state index in [1.807, 2.05) is 17.5 Å². The van der Waals surface area contributed by atoms with Gasteiger partial charge >= 0.3 is 0 Å². The van der Waals surface area contributed by atoms with E-state index < -0.39 is 0 Å². The molecule has 2 heterocycles. The number of halogens is 1. The molecule has 0 bridgehead atoms. The van der Waals surface area contributed by atoms with E-state index in [2.05, 4.69) is 10.1 Å². The van der Waals surface area contributed by atoms with Gasteiger partial charge in [0.2, 0.25) is 11.7 Å². The summed E-state index contributed by atoms with van der Waals surface area (Å²) in [5.74, 6) is 1.07. The van der Waals surface area contributed by atoms with Crippen LogP contribution in [0.4, 0.5) is 0 Å². The quantitative estimate of drug-likeness (QED) is 0.722. The highest BCUT2D eigenvalue weighted by Crippen LogP contribution is 2.24. The Morgan fingerprint density at radius 2 is 2.46 bits per heavy atom. The van der Waals surface area contributed by atoms with Crippen LogP contribution in [0.2, 0.25) is 0 Å². The van der Waals surface area contributed by atoms with Crippen molar-refractivity contribution in [2.75, 3.05) is 0 Å². The number of aromatic nitrogens is 2. The molecule has 5 heteroatoms. The van der Waals surface area contributed by atoms with Crippen LogP contribution < -0.4 is 0 Å². The summed E-state index contributed by atoms with van der Waals surface area (Å²) >= 11 is 7.36. The molecule has 0 saturated carbocycles. The van der Waals surface area contributed by atoms with Gasteiger partial charge in [-0.05, 0) is 18.4 Å². The summed E-state index contributed by atoms with van der Waals surface area (Å²) in [5, 5.41) is 5.55. The molecule has 0 saturated heterocycles. The Kier molecular flexibility index (Phi) is 2.33. The number of rotatable bonds is 2. The highest BCUT2D eigenvalue weighted by molar-refractivity contribution is 7.13. The van der Waals surface area contributed by atoms with Gasteiger partial charge in [-0.25, -0.2) is 0 Å². The third-order valence-electron chi connectivity index (χ3n) is 1.52. The van der Waals surface area contributed by atoms with Gasteiger partial charge in [-0.2, -0.15) is 4.98 Å². The Labute approximate surface area is 84.3 Å². The number of alkyl halides is 1. The van der Waals surface area contributed by atoms with Crippen LogP contribution in [0.15, 0.2) is 22.0 Å². The fourth-order valence-corrected chi connectivity index (χ4v) is 1.64. The number of hydrogen-bond acceptors (Lipinski definition) is 4. The fourth-order valence-electron chi connectivity index (χ4n) is 0.903. The van der Waals surface area contributed by atoms with Crippen LogP contribution >= 0.6 is 22.9 Å². The molecule has 0 N–H and O–H groups in total. The smallest absolute Gasteiger partial charge is 0.244 e. The molecule has 2 rings (SSSR count). The summed E-state index contributed by atoms with van der Waals surface area (Å²) in [5.41, 5.74) is 0. The number of hydrogen-bond donors (Lipinski definition) is 0. The molecule has 0 unspecified atom stereocenters. The van der Waals surface area contributed by atoms with Gasteiger partial charge < -0.3 is 4.52 Å². The van der Waals surface area contributed by atoms with Crippen LogP contribution in [0.3, 0.4) is 0 Å². The molecule has 0 aliphatic heterocycles. The van der Waals surface area contributed by atoms with Crippen molar-refractivity contribution >= 4 is 22.9 Å². The van der Waals surface area contributed by atoms with Crippen LogP contribution in [0.5, 0.6) is 0 Å². The fraction of sp³-hybridized carbons (Fsp3) is 0.250. The number of thiophene rings is 1. The first-order valence-electron chi connectivity index (χ1n) is 3.79. The Hall–Kier alpha value is -0.870. The van der Waals surface area contributed by atoms with Gasteiger partial charge in [-0.3, -0.25) is 0 Å². The molecule has 13 heavy (non-hydrogen) atoms. The minimum atomic E-state index is -0.235. The molecule has 0 aromatic carbocycles. The highest BCUT2D eigenvalue weighted by atomic mass is 35.5. The molecule has 2 aromatic heterocycles. The van der Waals surface area contributed by atoms with Crippen LogP contribution in [0.1, 0.15) is 18.2 Å². The molecule has 1 atom stereocenters. The van der Waals surface area contributed by atoms with Gasteiger partial charge in [0.25, 0.3) is 0 Å². The van der Waals surface area contributed by atoms with Gasteiger partial charge in [-0.15, -0.1) is 22.9 Å². The van der Waals surface area contributed by atoms with Crippen LogP contribution in [0.25, 0.3) is 10.7 Å². The zero-order valence-electron chi connectivity index (χ0n) is 6.90. The minimum Gasteiger partial charge on any atom is -0.337 e. The summed E-state index contributed by atoms with van der Waals surface area (Å²) in [7, 11) is 0. The van der Waals surface area contributed by atoms with Crippen molar-refractivity contribution < 1.29 is 4.52 Å². The van der Waals surface area contributed by atoms with Gasteiger partial charge in [0, 0.05) is 0 Å². The second-order valence-electron chi connectivity index (χ2n) is 2.55. The lowest BCUT2D eigenvalue weighted by atomic mass is 10.4. The summed E-state index contributed by atoms with van der Waals surface area (Å²) < 4.78 is 4.96. The van der Waals surface area contributed by atoms with E-state index in [4.69, 9.17) is 16.1 Å². The van der Waals surface area contributed by atoms with Gasteiger partial charge in [0.15, 0.2) is 0 Å². The van der Waals surface area contributed by atoms with Crippen molar-refractivity contribution in [1.82, 2.24) is 10.1 Å². The molecule has 3 nitrogen and oxygen atoms in total. The van der Waals surface area contributed by atoms with E-state index in [1.54, 1.807) is 18.3 Å². The molecule has 68 valence electrons. The Bertz CT molecular complexity index is 383. The first-order valence-corrected chi connectivity index (χ1v) is 5.10. The normalized spacial score (nSPS) is 13.1. The summed E-state index contributed by atoms with van der Waals surface area (Å²) in [4.78, 5) is 5.15. The average molecular weight is 215 g/mol. The molecular weight excluding hydrogens is 208 g/mol. The molecule has 0 aliphatic carbocycles. The largest absolute Gasteiger partial charge is 0.337 e. The zero-order valence-corrected chi connectivity index (χ0v) is 8.47. The summed E-state index contributed by atoms with van der Waals surface area (Å²) in [6.07, 6.45) is 0. The molecule has 2 aromatic rings. The maximum absolute atomic E-state index is 5.79. The third-order valence-corrected chi connectivity index (χ3v) is 2.58. The predicted molar refractivity (Wildman–Crippen MR) is 51.9 cm³/mol. The molecule has 0 aliphatic rings. The Morgan fingerprint density at radius 3 is 3.00 bits per heavy atom. The lowest BCUT2D eigenvalue weighted by Gasteiger charge is -1.89. The molecule has 0 amide bonds. The average Bonchev–Trinajstić information content (AvgIpc) is 2.75. The Balaban J connectivity index is 2.33. The highest BCUT2D eigenvalue weighted by Gasteiger charge is 2.12. The topological polar surface area (TPSA) is 38.9 Å². The lowest BCUT2D eigenvalue weighted by molar-refractivity contribution is 0.379. The van der Waals surface area contributed by atoms with Crippen molar-refractivity contribution in [1.29, 1.82) is 0 Å². The molecular formula is C8H7ClN2OS. The van der Waals surface area contributed by atoms with Gasteiger partial charge in [-0.1, -0.05) is 11.2 Å². The SMILES string of the molecule is C[C@@H](Cl)c1nc(-c2cccs2)no1. The maximum Gasteiger partial charge on any atom is 0.244 e. The van der Waals surface area contributed by atoms with E-state index >= 15 is 0 Å². The lowest BCUT2D eigenvalue weighted by Crippen LogP contribution is -1.82. The van der Waals surface area contributed by atoms with Crippen molar-refractivity contribution in [3.8, 4) is 10.7 Å². The minimum absolute atomic E-state index is 0.235.